The Morgan fingerprint density at radius 2 is 1.90 bits per heavy atom. The largest absolute Gasteiger partial charge is 0.344 e. The number of allylic oxidation sites excluding steroid dienone is 7. The molecule has 1 saturated heterocycles. The van der Waals surface area contributed by atoms with Crippen molar-refractivity contribution in [2.24, 2.45) is 5.92 Å². The fourth-order valence-corrected chi connectivity index (χ4v) is 3.73. The van der Waals surface area contributed by atoms with Gasteiger partial charge < -0.3 is 21.3 Å². The number of hydrogen-bond donors (Lipinski definition) is 4. The quantitative estimate of drug-likeness (QED) is 0.342. The van der Waals surface area contributed by atoms with Crippen molar-refractivity contribution in [1.82, 2.24) is 21.3 Å². The van der Waals surface area contributed by atoms with Crippen LogP contribution in [0.5, 0.6) is 0 Å². The minimum absolute atomic E-state index is 0.0925. The molecule has 1 unspecified atom stereocenters. The van der Waals surface area contributed by atoms with Gasteiger partial charge in [-0.25, -0.2) is 0 Å². The van der Waals surface area contributed by atoms with Crippen LogP contribution in [-0.2, 0) is 14.4 Å². The van der Waals surface area contributed by atoms with E-state index in [-0.39, 0.29) is 17.7 Å². The maximum absolute atomic E-state index is 13.0. The van der Waals surface area contributed by atoms with Crippen LogP contribution in [0, 0.1) is 5.92 Å². The van der Waals surface area contributed by atoms with Gasteiger partial charge in [0.05, 0.1) is 6.17 Å². The Bertz CT molecular complexity index is 746. The summed E-state index contributed by atoms with van der Waals surface area (Å²) in [6.45, 7) is 7.28. The molecule has 30 heavy (non-hydrogen) atoms. The van der Waals surface area contributed by atoms with Crippen LogP contribution in [-0.4, -0.2) is 43.5 Å². The summed E-state index contributed by atoms with van der Waals surface area (Å²) in [5.74, 6) is -0.502. The zero-order valence-corrected chi connectivity index (χ0v) is 18.2. The van der Waals surface area contributed by atoms with Gasteiger partial charge in [-0.1, -0.05) is 30.4 Å². The number of carbonyl (C=O) groups excluding carboxylic acids is 3. The van der Waals surface area contributed by atoms with E-state index in [1.807, 2.05) is 19.9 Å². The summed E-state index contributed by atoms with van der Waals surface area (Å²) in [5.41, 5.74) is 3.19. The van der Waals surface area contributed by atoms with Crippen molar-refractivity contribution in [1.29, 1.82) is 0 Å². The highest BCUT2D eigenvalue weighted by molar-refractivity contribution is 5.89. The fourth-order valence-electron chi connectivity index (χ4n) is 3.73. The Morgan fingerprint density at radius 1 is 1.20 bits per heavy atom. The molecule has 0 aromatic heterocycles. The average molecular weight is 415 g/mol. The van der Waals surface area contributed by atoms with Gasteiger partial charge in [0.2, 0.25) is 18.2 Å². The summed E-state index contributed by atoms with van der Waals surface area (Å²) in [7, 11) is 0. The highest BCUT2D eigenvalue weighted by atomic mass is 16.2. The molecule has 164 valence electrons. The van der Waals surface area contributed by atoms with Crippen molar-refractivity contribution in [2.45, 2.75) is 58.7 Å². The van der Waals surface area contributed by atoms with Gasteiger partial charge >= 0.3 is 0 Å². The van der Waals surface area contributed by atoms with E-state index < -0.39 is 12.2 Å². The van der Waals surface area contributed by atoms with E-state index in [0.29, 0.717) is 12.8 Å². The van der Waals surface area contributed by atoms with E-state index >= 15 is 0 Å². The van der Waals surface area contributed by atoms with Gasteiger partial charge in [0.1, 0.15) is 6.04 Å². The molecule has 4 N–H and O–H groups in total. The number of amides is 3. The molecular formula is C23H34N4O3. The van der Waals surface area contributed by atoms with Crippen LogP contribution in [0.25, 0.3) is 0 Å². The van der Waals surface area contributed by atoms with Crippen LogP contribution in [0.2, 0.25) is 0 Å². The molecule has 0 bridgehead atoms. The lowest BCUT2D eigenvalue weighted by Gasteiger charge is -2.27. The van der Waals surface area contributed by atoms with Gasteiger partial charge in [0.15, 0.2) is 0 Å². The molecule has 0 aromatic rings. The highest BCUT2D eigenvalue weighted by Crippen LogP contribution is 2.25. The first-order valence-corrected chi connectivity index (χ1v) is 10.7. The first kappa shape index (κ1) is 23.6. The lowest BCUT2D eigenvalue weighted by molar-refractivity contribution is -0.132. The van der Waals surface area contributed by atoms with Crippen molar-refractivity contribution in [3.8, 4) is 0 Å². The van der Waals surface area contributed by atoms with Crippen LogP contribution in [0.3, 0.4) is 0 Å². The number of carbonyl (C=O) groups is 3. The molecule has 3 amide bonds. The van der Waals surface area contributed by atoms with E-state index in [4.69, 9.17) is 0 Å². The van der Waals surface area contributed by atoms with E-state index in [9.17, 15) is 14.4 Å². The highest BCUT2D eigenvalue weighted by Gasteiger charge is 2.28. The minimum atomic E-state index is -0.726. The van der Waals surface area contributed by atoms with Crippen LogP contribution in [0.4, 0.5) is 0 Å². The molecule has 2 rings (SSSR count). The van der Waals surface area contributed by atoms with Crippen molar-refractivity contribution >= 4 is 18.2 Å². The van der Waals surface area contributed by atoms with Gasteiger partial charge in [-0.05, 0) is 69.8 Å². The summed E-state index contributed by atoms with van der Waals surface area (Å²) < 4.78 is 0. The van der Waals surface area contributed by atoms with Gasteiger partial charge in [0, 0.05) is 12.3 Å². The summed E-state index contributed by atoms with van der Waals surface area (Å²) in [5, 5.41) is 11.5. The SMILES string of the molecule is C/C=C(/CC(NC(=O)C1CCNCC1)C(=O)N[C@H](C)NC=O)C1=C(C)C=CCC=C1. The molecule has 1 fully saturated rings. The molecule has 1 aliphatic carbocycles. The third kappa shape index (κ3) is 6.99. The minimum Gasteiger partial charge on any atom is -0.344 e. The predicted molar refractivity (Wildman–Crippen MR) is 118 cm³/mol. The van der Waals surface area contributed by atoms with Crippen LogP contribution in [0.15, 0.2) is 47.1 Å². The summed E-state index contributed by atoms with van der Waals surface area (Å²) in [6, 6.07) is -0.726. The zero-order chi connectivity index (χ0) is 21.9. The summed E-state index contributed by atoms with van der Waals surface area (Å²) in [6.07, 6.45) is 13.1. The first-order valence-electron chi connectivity index (χ1n) is 10.7. The summed E-state index contributed by atoms with van der Waals surface area (Å²) >= 11 is 0. The van der Waals surface area contributed by atoms with Gasteiger partial charge in [-0.2, -0.15) is 0 Å². The molecule has 7 heteroatoms. The number of piperidine rings is 1. The second-order valence-electron chi connectivity index (χ2n) is 7.76. The normalized spacial score (nSPS) is 19.6. The molecule has 0 aromatic carbocycles. The topological polar surface area (TPSA) is 99.3 Å². The molecular weight excluding hydrogens is 380 g/mol. The van der Waals surface area contributed by atoms with Gasteiger partial charge in [-0.15, -0.1) is 0 Å². The Hall–Kier alpha value is -2.67. The van der Waals surface area contributed by atoms with E-state index in [1.165, 1.54) is 0 Å². The number of rotatable bonds is 9. The lowest BCUT2D eigenvalue weighted by atomic mass is 9.92. The van der Waals surface area contributed by atoms with E-state index in [1.54, 1.807) is 6.92 Å². The fraction of sp³-hybridized carbons (Fsp3) is 0.522. The van der Waals surface area contributed by atoms with Gasteiger partial charge in [-0.3, -0.25) is 14.4 Å². The molecule has 2 atom stereocenters. The maximum Gasteiger partial charge on any atom is 0.244 e. The van der Waals surface area contributed by atoms with Crippen molar-refractivity contribution in [3.63, 3.8) is 0 Å². The van der Waals surface area contributed by atoms with Crippen LogP contribution >= 0.6 is 0 Å². The molecule has 2 aliphatic rings. The first-order chi connectivity index (χ1) is 14.5. The summed E-state index contributed by atoms with van der Waals surface area (Å²) in [4.78, 5) is 36.5. The second kappa shape index (κ2) is 12.1. The molecule has 0 saturated carbocycles. The Kier molecular flexibility index (Phi) is 9.54. The van der Waals surface area contributed by atoms with Crippen molar-refractivity contribution in [2.75, 3.05) is 13.1 Å². The number of nitrogens with one attached hydrogen (secondary N) is 4. The zero-order valence-electron chi connectivity index (χ0n) is 18.2. The molecule has 1 aliphatic heterocycles. The Morgan fingerprint density at radius 3 is 2.57 bits per heavy atom. The maximum atomic E-state index is 13.0. The number of hydrogen-bond acceptors (Lipinski definition) is 4. The van der Waals surface area contributed by atoms with Gasteiger partial charge in [0.25, 0.3) is 0 Å². The predicted octanol–water partition coefficient (Wildman–Crippen LogP) is 1.85. The Balaban J connectivity index is 2.20. The van der Waals surface area contributed by atoms with Crippen molar-refractivity contribution in [3.05, 3.63) is 47.1 Å². The lowest BCUT2D eigenvalue weighted by Crippen LogP contribution is -2.53. The standard InChI is InChI=1S/C23H34N4O3/c1-4-18(20-9-7-5-6-8-16(20)2)14-21(23(30)26-17(3)25-15-28)27-22(29)19-10-12-24-13-11-19/h4,6-9,15,17,19,21,24H,5,10-14H2,1-3H3,(H,25,28)(H,26,30)(H,27,29)/b18-4-/t17-,21?/m1/s1. The third-order valence-electron chi connectivity index (χ3n) is 5.49. The third-order valence-corrected chi connectivity index (χ3v) is 5.49. The Labute approximate surface area is 179 Å². The average Bonchev–Trinajstić information content (AvgIpc) is 2.96. The van der Waals surface area contributed by atoms with E-state index in [2.05, 4.69) is 45.6 Å². The molecule has 0 radical (unpaired) electrons. The second-order valence-corrected chi connectivity index (χ2v) is 7.76. The smallest absolute Gasteiger partial charge is 0.244 e. The van der Waals surface area contributed by atoms with E-state index in [0.717, 1.165) is 49.1 Å². The van der Waals surface area contributed by atoms with Crippen LogP contribution < -0.4 is 21.3 Å². The molecule has 7 nitrogen and oxygen atoms in total. The van der Waals surface area contributed by atoms with Crippen molar-refractivity contribution < 1.29 is 14.4 Å². The molecule has 1 heterocycles. The molecule has 0 spiro atoms. The monoisotopic (exact) mass is 414 g/mol. The van der Waals surface area contributed by atoms with Crippen LogP contribution in [0.1, 0.15) is 46.5 Å².